The van der Waals surface area contributed by atoms with Crippen molar-refractivity contribution in [2.75, 3.05) is 0 Å². The lowest BCUT2D eigenvalue weighted by Crippen LogP contribution is -2.10. The quantitative estimate of drug-likeness (QED) is 0.932. The second kappa shape index (κ2) is 4.62. The molecule has 2 rings (SSSR count). The Morgan fingerprint density at radius 1 is 1.53 bits per heavy atom. The Balaban J connectivity index is 2.70. The van der Waals surface area contributed by atoms with Gasteiger partial charge in [0.05, 0.1) is 11.3 Å². The molecular formula is C10H9BrN4O2. The van der Waals surface area contributed by atoms with Gasteiger partial charge in [0.1, 0.15) is 0 Å². The number of hydrogen-bond donors (Lipinski definition) is 1. The van der Waals surface area contributed by atoms with E-state index in [1.807, 2.05) is 6.92 Å². The van der Waals surface area contributed by atoms with Gasteiger partial charge in [-0.05, 0) is 38.5 Å². The van der Waals surface area contributed by atoms with E-state index < -0.39 is 5.97 Å². The highest BCUT2D eigenvalue weighted by atomic mass is 79.9. The summed E-state index contributed by atoms with van der Waals surface area (Å²) in [6.45, 7) is 1.90. The van der Waals surface area contributed by atoms with Gasteiger partial charge in [0.2, 0.25) is 0 Å². The highest BCUT2D eigenvalue weighted by molar-refractivity contribution is 9.10. The summed E-state index contributed by atoms with van der Waals surface area (Å²) < 4.78 is 2.08. The molecule has 0 fully saturated rings. The molecule has 0 unspecified atom stereocenters. The predicted octanol–water partition coefficient (Wildman–Crippen LogP) is 1.69. The number of carboxylic acid groups (broad SMARTS) is 1. The van der Waals surface area contributed by atoms with Crippen LogP contribution in [0.1, 0.15) is 23.1 Å². The fraction of sp³-hybridized carbons (Fsp3) is 0.200. The average Bonchev–Trinajstić information content (AvgIpc) is 2.76. The summed E-state index contributed by atoms with van der Waals surface area (Å²) in [5, 5.41) is 20.4. The molecule has 1 heterocycles. The van der Waals surface area contributed by atoms with Crippen molar-refractivity contribution in [1.82, 2.24) is 20.2 Å². The summed E-state index contributed by atoms with van der Waals surface area (Å²) in [6, 6.07) is 4.93. The summed E-state index contributed by atoms with van der Waals surface area (Å²) in [6.07, 6.45) is 0.618. The number of aryl methyl sites for hydroxylation is 1. The number of tetrazole rings is 1. The van der Waals surface area contributed by atoms with Crippen molar-refractivity contribution in [3.63, 3.8) is 0 Å². The topological polar surface area (TPSA) is 80.9 Å². The Bertz CT molecular complexity index is 567. The van der Waals surface area contributed by atoms with Gasteiger partial charge < -0.3 is 5.11 Å². The van der Waals surface area contributed by atoms with E-state index in [-0.39, 0.29) is 5.56 Å². The molecule has 0 aliphatic rings. The van der Waals surface area contributed by atoms with Crippen molar-refractivity contribution in [3.05, 3.63) is 34.1 Å². The fourth-order valence-corrected chi connectivity index (χ4v) is 2.04. The number of carbonyl (C=O) groups is 1. The number of halogens is 1. The molecular weight excluding hydrogens is 288 g/mol. The zero-order valence-electron chi connectivity index (χ0n) is 8.96. The van der Waals surface area contributed by atoms with Crippen LogP contribution in [0.15, 0.2) is 22.7 Å². The van der Waals surface area contributed by atoms with Gasteiger partial charge in [-0.15, -0.1) is 5.10 Å². The number of para-hydroxylation sites is 1. The standard InChI is InChI=1S/C10H9BrN4O2/c1-2-8-12-13-14-15(8)9-6(10(16)17)4-3-5-7(9)11/h3-5H,2H2,1H3,(H,16,17). The fourth-order valence-electron chi connectivity index (χ4n) is 1.50. The van der Waals surface area contributed by atoms with E-state index in [1.54, 1.807) is 12.1 Å². The smallest absolute Gasteiger partial charge is 0.337 e. The number of benzene rings is 1. The van der Waals surface area contributed by atoms with Gasteiger partial charge in [0.15, 0.2) is 5.82 Å². The van der Waals surface area contributed by atoms with Crippen LogP contribution in [0.2, 0.25) is 0 Å². The van der Waals surface area contributed by atoms with Gasteiger partial charge in [0, 0.05) is 10.9 Å². The number of hydrogen-bond acceptors (Lipinski definition) is 4. The van der Waals surface area contributed by atoms with E-state index in [1.165, 1.54) is 10.7 Å². The van der Waals surface area contributed by atoms with Crippen LogP contribution in [0.3, 0.4) is 0 Å². The van der Waals surface area contributed by atoms with Crippen molar-refractivity contribution in [2.24, 2.45) is 0 Å². The minimum Gasteiger partial charge on any atom is -0.478 e. The molecule has 0 amide bonds. The van der Waals surface area contributed by atoms with Gasteiger partial charge in [-0.2, -0.15) is 4.68 Å². The van der Waals surface area contributed by atoms with Gasteiger partial charge in [-0.1, -0.05) is 13.0 Å². The number of aromatic nitrogens is 4. The Labute approximate surface area is 105 Å². The van der Waals surface area contributed by atoms with Crippen LogP contribution in [-0.2, 0) is 6.42 Å². The largest absolute Gasteiger partial charge is 0.478 e. The zero-order valence-corrected chi connectivity index (χ0v) is 10.5. The van der Waals surface area contributed by atoms with Crippen molar-refractivity contribution in [1.29, 1.82) is 0 Å². The van der Waals surface area contributed by atoms with Gasteiger partial charge in [-0.25, -0.2) is 4.79 Å². The summed E-state index contributed by atoms with van der Waals surface area (Å²) in [7, 11) is 0. The first-order chi connectivity index (χ1) is 8.15. The second-order valence-electron chi connectivity index (χ2n) is 3.30. The molecule has 0 saturated heterocycles. The summed E-state index contributed by atoms with van der Waals surface area (Å²) in [5.74, 6) is -0.404. The minimum absolute atomic E-state index is 0.154. The lowest BCUT2D eigenvalue weighted by atomic mass is 10.2. The molecule has 17 heavy (non-hydrogen) atoms. The van der Waals surface area contributed by atoms with Crippen LogP contribution in [0, 0.1) is 0 Å². The van der Waals surface area contributed by atoms with Crippen molar-refractivity contribution >= 4 is 21.9 Å². The monoisotopic (exact) mass is 296 g/mol. The van der Waals surface area contributed by atoms with Crippen LogP contribution in [0.5, 0.6) is 0 Å². The molecule has 0 spiro atoms. The maximum absolute atomic E-state index is 11.2. The highest BCUT2D eigenvalue weighted by Gasteiger charge is 2.18. The lowest BCUT2D eigenvalue weighted by molar-refractivity contribution is 0.0696. The summed E-state index contributed by atoms with van der Waals surface area (Å²) in [5.41, 5.74) is 0.600. The van der Waals surface area contributed by atoms with Gasteiger partial charge in [-0.3, -0.25) is 0 Å². The molecule has 1 N–H and O–H groups in total. The van der Waals surface area contributed by atoms with E-state index in [9.17, 15) is 4.79 Å². The normalized spacial score (nSPS) is 10.5. The first kappa shape index (κ1) is 11.7. The Morgan fingerprint density at radius 2 is 2.29 bits per heavy atom. The molecule has 2 aromatic rings. The van der Waals surface area contributed by atoms with E-state index in [0.717, 1.165) is 0 Å². The molecule has 1 aromatic heterocycles. The molecule has 0 aliphatic carbocycles. The van der Waals surface area contributed by atoms with Crippen molar-refractivity contribution in [3.8, 4) is 5.69 Å². The van der Waals surface area contributed by atoms with Crippen LogP contribution in [0.4, 0.5) is 0 Å². The average molecular weight is 297 g/mol. The third kappa shape index (κ3) is 2.05. The second-order valence-corrected chi connectivity index (χ2v) is 4.16. The molecule has 0 bridgehead atoms. The molecule has 1 aromatic carbocycles. The Kier molecular flexibility index (Phi) is 3.19. The molecule has 0 radical (unpaired) electrons. The number of nitrogens with zero attached hydrogens (tertiary/aromatic N) is 4. The highest BCUT2D eigenvalue weighted by Crippen LogP contribution is 2.25. The van der Waals surface area contributed by atoms with Crippen molar-refractivity contribution in [2.45, 2.75) is 13.3 Å². The first-order valence-electron chi connectivity index (χ1n) is 4.94. The SMILES string of the molecule is CCc1nnnn1-c1c(Br)cccc1C(=O)O. The molecule has 0 aliphatic heterocycles. The summed E-state index contributed by atoms with van der Waals surface area (Å²) >= 11 is 3.32. The van der Waals surface area contributed by atoms with Gasteiger partial charge >= 0.3 is 5.97 Å². The Hall–Kier alpha value is -1.76. The predicted molar refractivity (Wildman–Crippen MR) is 63.2 cm³/mol. The van der Waals surface area contributed by atoms with Crippen molar-refractivity contribution < 1.29 is 9.90 Å². The molecule has 0 saturated carbocycles. The summed E-state index contributed by atoms with van der Waals surface area (Å²) in [4.78, 5) is 11.2. The van der Waals surface area contributed by atoms with E-state index >= 15 is 0 Å². The van der Waals surface area contributed by atoms with Gasteiger partial charge in [0.25, 0.3) is 0 Å². The molecule has 0 atom stereocenters. The Morgan fingerprint density at radius 3 is 2.94 bits per heavy atom. The maximum Gasteiger partial charge on any atom is 0.337 e. The number of carboxylic acids is 1. The number of rotatable bonds is 3. The first-order valence-corrected chi connectivity index (χ1v) is 5.74. The third-order valence-corrected chi connectivity index (χ3v) is 2.92. The molecule has 88 valence electrons. The maximum atomic E-state index is 11.2. The van der Waals surface area contributed by atoms with Crippen LogP contribution in [-0.4, -0.2) is 31.3 Å². The van der Waals surface area contributed by atoms with E-state index in [4.69, 9.17) is 5.11 Å². The lowest BCUT2D eigenvalue weighted by Gasteiger charge is -2.09. The van der Waals surface area contributed by atoms with Crippen LogP contribution >= 0.6 is 15.9 Å². The zero-order chi connectivity index (χ0) is 12.4. The van der Waals surface area contributed by atoms with Crippen LogP contribution in [0.25, 0.3) is 5.69 Å². The molecule has 7 heteroatoms. The third-order valence-electron chi connectivity index (χ3n) is 2.28. The van der Waals surface area contributed by atoms with Crippen LogP contribution < -0.4 is 0 Å². The molecule has 6 nitrogen and oxygen atoms in total. The minimum atomic E-state index is -1.01. The number of aromatic carboxylic acids is 1. The van der Waals surface area contributed by atoms with E-state index in [2.05, 4.69) is 31.5 Å². The van der Waals surface area contributed by atoms with E-state index in [0.29, 0.717) is 22.4 Å².